The van der Waals surface area contributed by atoms with E-state index < -0.39 is 0 Å². The Balaban J connectivity index is 1.89. The molecular weight excluding hydrogens is 206 g/mol. The van der Waals surface area contributed by atoms with Crippen molar-refractivity contribution in [2.75, 3.05) is 13.7 Å². The minimum atomic E-state index is -0.0921. The van der Waals surface area contributed by atoms with Gasteiger partial charge in [0.15, 0.2) is 0 Å². The second-order valence-corrected chi connectivity index (χ2v) is 4.74. The summed E-state index contributed by atoms with van der Waals surface area (Å²) in [5.41, 5.74) is 0. The van der Waals surface area contributed by atoms with Crippen LogP contribution >= 0.6 is 0 Å². The molecule has 1 aliphatic carbocycles. The molecule has 4 nitrogen and oxygen atoms in total. The number of carbonyl (C=O) groups excluding carboxylic acids is 1. The maximum Gasteiger partial charge on any atom is 0.323 e. The zero-order chi connectivity index (χ0) is 11.5. The van der Waals surface area contributed by atoms with E-state index in [4.69, 9.17) is 9.47 Å². The standard InChI is InChI=1S/C12H21NO3/c1-3-16-12(14)11-6-8-4-5-9(15-2)7-10(8)13-11/h8-11,13H,3-7H2,1-2H3. The van der Waals surface area contributed by atoms with E-state index in [0.29, 0.717) is 24.7 Å². The number of rotatable bonds is 3. The third kappa shape index (κ3) is 2.38. The topological polar surface area (TPSA) is 47.6 Å². The van der Waals surface area contributed by atoms with Crippen molar-refractivity contribution in [3.63, 3.8) is 0 Å². The second kappa shape index (κ2) is 5.15. The van der Waals surface area contributed by atoms with Crippen molar-refractivity contribution in [3.05, 3.63) is 0 Å². The molecule has 4 heteroatoms. The molecule has 0 amide bonds. The lowest BCUT2D eigenvalue weighted by atomic mass is 9.83. The van der Waals surface area contributed by atoms with Gasteiger partial charge >= 0.3 is 5.97 Å². The Hall–Kier alpha value is -0.610. The summed E-state index contributed by atoms with van der Waals surface area (Å²) < 4.78 is 10.4. The van der Waals surface area contributed by atoms with E-state index in [1.54, 1.807) is 7.11 Å². The van der Waals surface area contributed by atoms with Crippen LogP contribution in [0.2, 0.25) is 0 Å². The molecule has 0 spiro atoms. The van der Waals surface area contributed by atoms with Gasteiger partial charge in [0.25, 0.3) is 0 Å². The summed E-state index contributed by atoms with van der Waals surface area (Å²) in [7, 11) is 1.77. The Labute approximate surface area is 96.7 Å². The van der Waals surface area contributed by atoms with Gasteiger partial charge in [0.1, 0.15) is 6.04 Å². The fourth-order valence-electron chi connectivity index (χ4n) is 2.93. The van der Waals surface area contributed by atoms with Gasteiger partial charge in [-0.2, -0.15) is 0 Å². The zero-order valence-corrected chi connectivity index (χ0v) is 10.1. The van der Waals surface area contributed by atoms with Crippen molar-refractivity contribution in [3.8, 4) is 0 Å². The number of nitrogens with one attached hydrogen (secondary N) is 1. The fourth-order valence-corrected chi connectivity index (χ4v) is 2.93. The molecule has 1 N–H and O–H groups in total. The first-order valence-electron chi connectivity index (χ1n) is 6.20. The molecule has 2 fully saturated rings. The normalized spacial score (nSPS) is 38.1. The third-order valence-corrected chi connectivity index (χ3v) is 3.80. The number of carbonyl (C=O) groups is 1. The highest BCUT2D eigenvalue weighted by Gasteiger charge is 2.41. The van der Waals surface area contributed by atoms with E-state index in [1.165, 1.54) is 0 Å². The van der Waals surface area contributed by atoms with E-state index >= 15 is 0 Å². The maximum atomic E-state index is 11.6. The van der Waals surface area contributed by atoms with Crippen molar-refractivity contribution in [2.45, 2.75) is 50.8 Å². The van der Waals surface area contributed by atoms with Gasteiger partial charge in [-0.1, -0.05) is 0 Å². The highest BCUT2D eigenvalue weighted by Crippen LogP contribution is 2.34. The van der Waals surface area contributed by atoms with Crippen molar-refractivity contribution in [1.82, 2.24) is 5.32 Å². The van der Waals surface area contributed by atoms with Gasteiger partial charge < -0.3 is 14.8 Å². The molecular formula is C12H21NO3. The van der Waals surface area contributed by atoms with E-state index in [9.17, 15) is 4.79 Å². The Kier molecular flexibility index (Phi) is 3.82. The quantitative estimate of drug-likeness (QED) is 0.733. The molecule has 4 atom stereocenters. The Morgan fingerprint density at radius 2 is 2.19 bits per heavy atom. The summed E-state index contributed by atoms with van der Waals surface area (Å²) in [5, 5.41) is 3.39. The van der Waals surface area contributed by atoms with Gasteiger partial charge in [-0.3, -0.25) is 4.79 Å². The number of hydrogen-bond donors (Lipinski definition) is 1. The molecule has 1 saturated carbocycles. The molecule has 16 heavy (non-hydrogen) atoms. The lowest BCUT2D eigenvalue weighted by Crippen LogP contribution is -2.41. The Morgan fingerprint density at radius 1 is 1.38 bits per heavy atom. The molecule has 2 rings (SSSR count). The molecule has 0 radical (unpaired) electrons. The summed E-state index contributed by atoms with van der Waals surface area (Å²) in [6.45, 7) is 2.31. The largest absolute Gasteiger partial charge is 0.465 e. The molecule has 1 heterocycles. The molecule has 92 valence electrons. The summed E-state index contributed by atoms with van der Waals surface area (Å²) in [4.78, 5) is 11.6. The van der Waals surface area contributed by atoms with Gasteiger partial charge in [0.2, 0.25) is 0 Å². The fraction of sp³-hybridized carbons (Fsp3) is 0.917. The van der Waals surface area contributed by atoms with Crippen LogP contribution in [0.1, 0.15) is 32.6 Å². The van der Waals surface area contributed by atoms with Crippen molar-refractivity contribution >= 4 is 5.97 Å². The van der Waals surface area contributed by atoms with Crippen molar-refractivity contribution in [2.24, 2.45) is 5.92 Å². The van der Waals surface area contributed by atoms with Crippen LogP contribution in [-0.4, -0.2) is 37.9 Å². The van der Waals surface area contributed by atoms with Crippen LogP contribution in [0.15, 0.2) is 0 Å². The third-order valence-electron chi connectivity index (χ3n) is 3.80. The highest BCUT2D eigenvalue weighted by atomic mass is 16.5. The molecule has 1 aliphatic heterocycles. The average Bonchev–Trinajstić information content (AvgIpc) is 2.71. The number of fused-ring (bicyclic) bond motifs is 1. The molecule has 2 aliphatic rings. The monoisotopic (exact) mass is 227 g/mol. The Bertz CT molecular complexity index is 257. The van der Waals surface area contributed by atoms with Crippen molar-refractivity contribution < 1.29 is 14.3 Å². The van der Waals surface area contributed by atoms with Crippen LogP contribution in [0, 0.1) is 5.92 Å². The number of esters is 1. The molecule has 4 unspecified atom stereocenters. The minimum absolute atomic E-state index is 0.0918. The second-order valence-electron chi connectivity index (χ2n) is 4.74. The van der Waals surface area contributed by atoms with Gasteiger partial charge in [0, 0.05) is 13.2 Å². The van der Waals surface area contributed by atoms with Crippen LogP contribution in [0.4, 0.5) is 0 Å². The maximum absolute atomic E-state index is 11.6. The number of ether oxygens (including phenoxy) is 2. The molecule has 1 saturated heterocycles. The van der Waals surface area contributed by atoms with Crippen LogP contribution in [0.5, 0.6) is 0 Å². The number of methoxy groups -OCH3 is 1. The first-order valence-corrected chi connectivity index (χ1v) is 6.20. The lowest BCUT2D eigenvalue weighted by Gasteiger charge is -2.30. The zero-order valence-electron chi connectivity index (χ0n) is 10.1. The van der Waals surface area contributed by atoms with Gasteiger partial charge in [-0.25, -0.2) is 0 Å². The smallest absolute Gasteiger partial charge is 0.323 e. The summed E-state index contributed by atoms with van der Waals surface area (Å²) >= 11 is 0. The van der Waals surface area contributed by atoms with Crippen LogP contribution < -0.4 is 5.32 Å². The van der Waals surface area contributed by atoms with Crippen LogP contribution in [0.25, 0.3) is 0 Å². The minimum Gasteiger partial charge on any atom is -0.465 e. The van der Waals surface area contributed by atoms with Crippen LogP contribution in [-0.2, 0) is 14.3 Å². The molecule has 0 aromatic rings. The van der Waals surface area contributed by atoms with Gasteiger partial charge in [-0.15, -0.1) is 0 Å². The van der Waals surface area contributed by atoms with E-state index in [0.717, 1.165) is 25.7 Å². The molecule has 0 aromatic heterocycles. The highest BCUT2D eigenvalue weighted by molar-refractivity contribution is 5.76. The van der Waals surface area contributed by atoms with Crippen molar-refractivity contribution in [1.29, 1.82) is 0 Å². The average molecular weight is 227 g/mol. The SMILES string of the molecule is CCOC(=O)C1CC2CCC(OC)CC2N1. The lowest BCUT2D eigenvalue weighted by molar-refractivity contribution is -0.145. The Morgan fingerprint density at radius 3 is 2.88 bits per heavy atom. The molecule has 0 bridgehead atoms. The molecule has 0 aromatic carbocycles. The predicted octanol–water partition coefficient (Wildman–Crippen LogP) is 1.10. The first kappa shape index (κ1) is 11.9. The predicted molar refractivity (Wildman–Crippen MR) is 60.1 cm³/mol. The van der Waals surface area contributed by atoms with E-state index in [2.05, 4.69) is 5.32 Å². The van der Waals surface area contributed by atoms with Gasteiger partial charge in [0.05, 0.1) is 12.7 Å². The van der Waals surface area contributed by atoms with Gasteiger partial charge in [-0.05, 0) is 38.5 Å². The van der Waals surface area contributed by atoms with E-state index in [1.807, 2.05) is 6.92 Å². The summed E-state index contributed by atoms with van der Waals surface area (Å²) in [5.74, 6) is 0.534. The summed E-state index contributed by atoms with van der Waals surface area (Å²) in [6, 6.07) is 0.346. The van der Waals surface area contributed by atoms with Crippen LogP contribution in [0.3, 0.4) is 0 Å². The number of hydrogen-bond acceptors (Lipinski definition) is 4. The van der Waals surface area contributed by atoms with E-state index in [-0.39, 0.29) is 12.0 Å². The first-order chi connectivity index (χ1) is 7.74. The summed E-state index contributed by atoms with van der Waals surface area (Å²) in [6.07, 6.45) is 4.59.